The first-order chi connectivity index (χ1) is 17.4. The van der Waals surface area contributed by atoms with Crippen LogP contribution in [0.4, 0.5) is 0 Å². The molecule has 0 amide bonds. The third-order valence-corrected chi connectivity index (χ3v) is 9.07. The molecule has 6 aromatic rings. The number of hydrogen-bond acceptors (Lipinski definition) is 0. The lowest BCUT2D eigenvalue weighted by Crippen LogP contribution is -2.29. The fourth-order valence-corrected chi connectivity index (χ4v) is 7.25. The molecule has 0 atom stereocenters. The van der Waals surface area contributed by atoms with Gasteiger partial charge in [-0.25, -0.2) is 4.57 Å². The van der Waals surface area contributed by atoms with Crippen molar-refractivity contribution in [1.82, 2.24) is 4.40 Å². The van der Waals surface area contributed by atoms with Gasteiger partial charge in [0, 0.05) is 16.8 Å². The molecule has 0 spiro atoms. The Bertz CT molecular complexity index is 1790. The highest BCUT2D eigenvalue weighted by Gasteiger charge is 2.26. The molecule has 0 saturated heterocycles. The maximum Gasteiger partial charge on any atom is 0.224 e. The largest absolute Gasteiger partial charge is 0.307 e. The van der Waals surface area contributed by atoms with Crippen LogP contribution in [0.2, 0.25) is 0 Å². The second-order valence-corrected chi connectivity index (χ2v) is 12.0. The van der Waals surface area contributed by atoms with Gasteiger partial charge >= 0.3 is 0 Å². The van der Waals surface area contributed by atoms with Gasteiger partial charge in [-0.05, 0) is 96.9 Å². The van der Waals surface area contributed by atoms with Crippen LogP contribution in [0.1, 0.15) is 74.1 Å². The molecular weight excluding hydrogens is 436 g/mol. The highest BCUT2D eigenvalue weighted by molar-refractivity contribution is 6.26. The van der Waals surface area contributed by atoms with Crippen LogP contribution in [0.25, 0.3) is 49.0 Å². The van der Waals surface area contributed by atoms with E-state index in [0.29, 0.717) is 11.8 Å². The third kappa shape index (κ3) is 3.06. The molecule has 0 unspecified atom stereocenters. The van der Waals surface area contributed by atoms with Crippen molar-refractivity contribution < 1.29 is 4.57 Å². The number of aromatic nitrogens is 2. The van der Waals surface area contributed by atoms with Crippen LogP contribution in [-0.4, -0.2) is 4.40 Å². The summed E-state index contributed by atoms with van der Waals surface area (Å²) in [4.78, 5) is 0. The van der Waals surface area contributed by atoms with Crippen LogP contribution < -0.4 is 4.57 Å². The Balaban J connectivity index is 1.71. The zero-order chi connectivity index (χ0) is 24.7. The zero-order valence-electron chi connectivity index (χ0n) is 22.4. The quantitative estimate of drug-likeness (QED) is 0.138. The molecule has 0 aliphatic heterocycles. The molecule has 2 nitrogen and oxygen atoms in total. The summed E-state index contributed by atoms with van der Waals surface area (Å²) in [6.07, 6.45) is 10.2. The molecule has 36 heavy (non-hydrogen) atoms. The number of nitrogens with zero attached hydrogens (tertiary/aromatic N) is 2. The molecule has 0 bridgehead atoms. The summed E-state index contributed by atoms with van der Waals surface area (Å²) in [5.41, 5.74) is 11.3. The molecule has 1 fully saturated rings. The Morgan fingerprint density at radius 2 is 1.69 bits per heavy atom. The van der Waals surface area contributed by atoms with Crippen LogP contribution in [0.5, 0.6) is 0 Å². The van der Waals surface area contributed by atoms with Gasteiger partial charge < -0.3 is 4.40 Å². The number of aryl methyl sites for hydroxylation is 3. The monoisotopic (exact) mass is 473 g/mol. The third-order valence-electron chi connectivity index (χ3n) is 9.07. The van der Waals surface area contributed by atoms with Gasteiger partial charge in [0.05, 0.1) is 27.3 Å². The SMILES string of the molecule is Cc1cc2c3cc(CC(C)C)ccc3n3c4cc(C5CCCCC5)cc5cc[n+](C)c(c(c1C)c23)c54. The minimum Gasteiger partial charge on any atom is -0.307 e. The molecular formula is C34H37N2+. The lowest BCUT2D eigenvalue weighted by atomic mass is 9.83. The summed E-state index contributed by atoms with van der Waals surface area (Å²) in [5.74, 6) is 1.34. The van der Waals surface area contributed by atoms with E-state index in [1.54, 1.807) is 0 Å². The number of hydrogen-bond donors (Lipinski definition) is 0. The molecule has 182 valence electrons. The molecule has 0 N–H and O–H groups in total. The summed E-state index contributed by atoms with van der Waals surface area (Å²) < 4.78 is 4.98. The van der Waals surface area contributed by atoms with Crippen LogP contribution >= 0.6 is 0 Å². The van der Waals surface area contributed by atoms with Crippen LogP contribution in [0.3, 0.4) is 0 Å². The minimum atomic E-state index is 0.654. The minimum absolute atomic E-state index is 0.654. The van der Waals surface area contributed by atoms with E-state index in [-0.39, 0.29) is 0 Å². The normalized spacial score (nSPS) is 15.6. The first-order valence-corrected chi connectivity index (χ1v) is 14.0. The first kappa shape index (κ1) is 22.1. The summed E-state index contributed by atoms with van der Waals surface area (Å²) in [5, 5.41) is 7.02. The highest BCUT2D eigenvalue weighted by atomic mass is 15.0. The molecule has 1 saturated carbocycles. The van der Waals surface area contributed by atoms with Crippen LogP contribution in [0, 0.1) is 19.8 Å². The molecule has 7 rings (SSSR count). The lowest BCUT2D eigenvalue weighted by Gasteiger charge is -2.23. The average Bonchev–Trinajstić information content (AvgIpc) is 3.19. The maximum atomic E-state index is 2.62. The topological polar surface area (TPSA) is 8.29 Å². The second kappa shape index (κ2) is 7.93. The van der Waals surface area contributed by atoms with Gasteiger partial charge in [-0.2, -0.15) is 0 Å². The van der Waals surface area contributed by atoms with Gasteiger partial charge in [0.15, 0.2) is 6.20 Å². The van der Waals surface area contributed by atoms with Crippen molar-refractivity contribution in [1.29, 1.82) is 0 Å². The zero-order valence-corrected chi connectivity index (χ0v) is 22.4. The molecule has 1 aliphatic carbocycles. The lowest BCUT2D eigenvalue weighted by molar-refractivity contribution is -0.643. The average molecular weight is 474 g/mol. The molecule has 3 aromatic carbocycles. The van der Waals surface area contributed by atoms with Crippen LogP contribution in [-0.2, 0) is 13.5 Å². The van der Waals surface area contributed by atoms with E-state index in [1.807, 2.05) is 0 Å². The summed E-state index contributed by atoms with van der Waals surface area (Å²) in [7, 11) is 2.22. The van der Waals surface area contributed by atoms with E-state index < -0.39 is 0 Å². The second-order valence-electron chi connectivity index (χ2n) is 12.0. The van der Waals surface area contributed by atoms with Crippen molar-refractivity contribution in [3.63, 3.8) is 0 Å². The van der Waals surface area contributed by atoms with E-state index in [0.717, 1.165) is 6.42 Å². The van der Waals surface area contributed by atoms with Gasteiger partial charge in [-0.15, -0.1) is 0 Å². The summed E-state index contributed by atoms with van der Waals surface area (Å²) in [6, 6.07) is 17.1. The fourth-order valence-electron chi connectivity index (χ4n) is 7.25. The summed E-state index contributed by atoms with van der Waals surface area (Å²) >= 11 is 0. The number of pyridine rings is 2. The Labute approximate surface area is 213 Å². The van der Waals surface area contributed by atoms with Gasteiger partial charge in [0.1, 0.15) is 7.05 Å². The van der Waals surface area contributed by atoms with Crippen LogP contribution in [0.15, 0.2) is 48.7 Å². The van der Waals surface area contributed by atoms with Crippen molar-refractivity contribution in [3.05, 3.63) is 70.9 Å². The van der Waals surface area contributed by atoms with E-state index in [1.165, 1.54) is 103 Å². The molecule has 3 heterocycles. The standard InChI is InChI=1S/C34H37N2/c1-20(2)15-23-11-12-29-27(17-23)28-16-21(3)22(4)31-33(28)36(29)30-19-26(24-9-7-6-8-10-24)18-25-13-14-35(5)34(31)32(25)30/h11-14,16-20,24H,6-10,15H2,1-5H3/q+1. The Kier molecular flexibility index (Phi) is 4.87. The predicted octanol–water partition coefficient (Wildman–Crippen LogP) is 8.68. The first-order valence-electron chi connectivity index (χ1n) is 14.0. The van der Waals surface area contributed by atoms with Crippen molar-refractivity contribution in [3.8, 4) is 0 Å². The van der Waals surface area contributed by atoms with E-state index >= 15 is 0 Å². The molecule has 1 aliphatic rings. The Morgan fingerprint density at radius 3 is 2.47 bits per heavy atom. The van der Waals surface area contributed by atoms with Gasteiger partial charge in [0.25, 0.3) is 0 Å². The van der Waals surface area contributed by atoms with E-state index in [9.17, 15) is 0 Å². The van der Waals surface area contributed by atoms with Crippen molar-refractivity contribution >= 4 is 49.0 Å². The number of rotatable bonds is 3. The molecule has 0 radical (unpaired) electrons. The molecule has 2 heteroatoms. The highest BCUT2D eigenvalue weighted by Crippen LogP contribution is 2.43. The predicted molar refractivity (Wildman–Crippen MR) is 154 cm³/mol. The van der Waals surface area contributed by atoms with Gasteiger partial charge in [-0.1, -0.05) is 45.2 Å². The maximum absolute atomic E-state index is 2.62. The van der Waals surface area contributed by atoms with Gasteiger partial charge in [-0.3, -0.25) is 0 Å². The fraction of sp³-hybridized carbons (Fsp3) is 0.382. The molecule has 3 aromatic heterocycles. The van der Waals surface area contributed by atoms with Gasteiger partial charge in [0.2, 0.25) is 5.52 Å². The smallest absolute Gasteiger partial charge is 0.224 e. The Morgan fingerprint density at radius 1 is 0.889 bits per heavy atom. The van der Waals surface area contributed by atoms with E-state index in [2.05, 4.69) is 92.4 Å². The summed E-state index contributed by atoms with van der Waals surface area (Å²) in [6.45, 7) is 9.24. The van der Waals surface area contributed by atoms with Crippen molar-refractivity contribution in [2.45, 2.75) is 72.1 Å². The number of benzene rings is 3. The van der Waals surface area contributed by atoms with Crippen molar-refractivity contribution in [2.75, 3.05) is 0 Å². The van der Waals surface area contributed by atoms with Crippen molar-refractivity contribution in [2.24, 2.45) is 13.0 Å². The Hall–Kier alpha value is -3.13. The van der Waals surface area contributed by atoms with E-state index in [4.69, 9.17) is 0 Å². The number of fused-ring (bicyclic) bond motifs is 5.